The van der Waals surface area contributed by atoms with Gasteiger partial charge in [0.2, 0.25) is 0 Å². The number of rotatable bonds is 5. The van der Waals surface area contributed by atoms with Crippen molar-refractivity contribution < 1.29 is 0 Å². The molecule has 0 aromatic heterocycles. The fourth-order valence-electron chi connectivity index (χ4n) is 11.9. The minimum atomic E-state index is 0.351. The lowest BCUT2D eigenvalue weighted by Gasteiger charge is -2.48. The molecule has 4 heteroatoms. The van der Waals surface area contributed by atoms with Crippen LogP contribution < -0.4 is 16.0 Å². The van der Waals surface area contributed by atoms with Crippen LogP contribution in [0, 0.1) is 56.7 Å². The van der Waals surface area contributed by atoms with Gasteiger partial charge in [-0.3, -0.25) is 0 Å². The third-order valence-electron chi connectivity index (χ3n) is 15.9. The van der Waals surface area contributed by atoms with Gasteiger partial charge in [-0.2, -0.15) is 11.8 Å². The maximum absolute atomic E-state index is 3.83. The summed E-state index contributed by atoms with van der Waals surface area (Å²) in [6, 6.07) is 0. The molecule has 0 aromatic rings. The van der Waals surface area contributed by atoms with Gasteiger partial charge in [0.05, 0.1) is 0 Å². The van der Waals surface area contributed by atoms with E-state index < -0.39 is 0 Å². The predicted octanol–water partition coefficient (Wildman–Crippen LogP) is 18.5. The summed E-state index contributed by atoms with van der Waals surface area (Å²) in [5.74, 6) is 5.35. The molecule has 0 radical (unpaired) electrons. The van der Waals surface area contributed by atoms with Crippen LogP contribution in [0.1, 0.15) is 270 Å². The van der Waals surface area contributed by atoms with E-state index in [1.54, 1.807) is 0 Å². The first kappa shape index (κ1) is 68.8. The minimum Gasteiger partial charge on any atom is -0.317 e. The molecule has 0 bridgehead atoms. The van der Waals surface area contributed by atoms with Crippen molar-refractivity contribution in [1.29, 1.82) is 0 Å². The molecule has 3 unspecified atom stereocenters. The van der Waals surface area contributed by atoms with Crippen molar-refractivity contribution in [1.82, 2.24) is 16.0 Å². The van der Waals surface area contributed by atoms with Crippen molar-refractivity contribution in [2.75, 3.05) is 38.5 Å². The second-order valence-corrected chi connectivity index (χ2v) is 24.5. The molecule has 0 aliphatic carbocycles. The van der Waals surface area contributed by atoms with Gasteiger partial charge in [0, 0.05) is 16.8 Å². The summed E-state index contributed by atoms with van der Waals surface area (Å²) in [6.45, 7) is 67.5. The Morgan fingerprint density at radius 1 is 0.371 bits per heavy atom. The first-order valence-corrected chi connectivity index (χ1v) is 28.6. The number of hydrogen-bond acceptors (Lipinski definition) is 4. The molecular formula is C58H127N3S. The molecule has 4 aliphatic rings. The molecule has 380 valence electrons. The lowest BCUT2D eigenvalue weighted by molar-refractivity contribution is 0.0167. The van der Waals surface area contributed by atoms with Gasteiger partial charge in [0.15, 0.2) is 0 Å². The van der Waals surface area contributed by atoms with Crippen molar-refractivity contribution in [3.05, 3.63) is 0 Å². The van der Waals surface area contributed by atoms with Crippen LogP contribution in [0.5, 0.6) is 0 Å². The fourth-order valence-corrected chi connectivity index (χ4v) is 13.6. The zero-order valence-corrected chi connectivity index (χ0v) is 49.5. The van der Waals surface area contributed by atoms with E-state index in [-0.39, 0.29) is 0 Å². The molecule has 0 spiro atoms. The summed E-state index contributed by atoms with van der Waals surface area (Å²) in [5.41, 5.74) is 2.60. The van der Waals surface area contributed by atoms with Gasteiger partial charge in [0.1, 0.15) is 0 Å². The zero-order valence-electron chi connectivity index (χ0n) is 48.7. The first-order valence-electron chi connectivity index (χ1n) is 27.6. The summed E-state index contributed by atoms with van der Waals surface area (Å²) >= 11 is 2.23. The highest BCUT2D eigenvalue weighted by Gasteiger charge is 2.46. The Labute approximate surface area is 401 Å². The van der Waals surface area contributed by atoms with Crippen molar-refractivity contribution >= 4 is 11.8 Å². The van der Waals surface area contributed by atoms with Crippen LogP contribution in [0.2, 0.25) is 0 Å². The standard InChI is InChI=1S/3C13H27N.C11H22S.4C2H6/c1-11(2)13(12(3,4)5)7-6-9-14-10-8-13;1-11(2)13(12(3,4)5)8-6-7-9-14-10-13;1-11(2)13(12(3,4)5)9-7-6-8-10-14-13;1-9(2)11(10(3)4)7-5-6-8-12-11;4*1-2/h3*11,14H,6-10H2,1-5H3;9-10H,5-8H2,1-4H3;4*1-2H3. The van der Waals surface area contributed by atoms with Gasteiger partial charge in [-0.05, 0) is 146 Å². The summed E-state index contributed by atoms with van der Waals surface area (Å²) in [4.78, 5) is 0. The molecule has 0 saturated carbocycles. The Morgan fingerprint density at radius 3 is 1.19 bits per heavy atom. The Hall–Kier alpha value is 0.230. The SMILES string of the molecule is CC.CC.CC.CC.CC(C)C1(C(C)(C)C)CCCCCN1.CC(C)C1(C(C)(C)C)CCCCNC1.CC(C)C1(C(C)(C)C)CCCNCC1.CC(C)C1(C(C)C)CCCCS1. The van der Waals surface area contributed by atoms with E-state index in [9.17, 15) is 0 Å². The zero-order chi connectivity index (χ0) is 49.7. The molecule has 4 saturated heterocycles. The molecule has 3 atom stereocenters. The molecule has 0 amide bonds. The normalized spacial score (nSPS) is 25.5. The second kappa shape index (κ2) is 34.5. The highest BCUT2D eigenvalue weighted by atomic mass is 32.2. The van der Waals surface area contributed by atoms with Crippen molar-refractivity contribution in [2.24, 2.45) is 56.7 Å². The average molecular weight is 899 g/mol. The molecule has 3 nitrogen and oxygen atoms in total. The van der Waals surface area contributed by atoms with Crippen LogP contribution in [0.3, 0.4) is 0 Å². The molecule has 4 rings (SSSR count). The van der Waals surface area contributed by atoms with Crippen LogP contribution in [-0.2, 0) is 0 Å². The lowest BCUT2D eigenvalue weighted by atomic mass is 9.57. The molecule has 3 N–H and O–H groups in total. The monoisotopic (exact) mass is 898 g/mol. The highest BCUT2D eigenvalue weighted by Crippen LogP contribution is 2.52. The van der Waals surface area contributed by atoms with Crippen molar-refractivity contribution in [3.63, 3.8) is 0 Å². The quantitative estimate of drug-likeness (QED) is 0.257. The fraction of sp³-hybridized carbons (Fsp3) is 1.00. The molecule has 0 aromatic carbocycles. The van der Waals surface area contributed by atoms with Gasteiger partial charge in [-0.15, -0.1) is 0 Å². The molecular weight excluding hydrogens is 771 g/mol. The molecule has 62 heavy (non-hydrogen) atoms. The van der Waals surface area contributed by atoms with Crippen LogP contribution >= 0.6 is 11.8 Å². The maximum Gasteiger partial charge on any atom is 0.0252 e. The Kier molecular flexibility index (Phi) is 38.3. The summed E-state index contributed by atoms with van der Waals surface area (Å²) in [5, 5.41) is 11.0. The Morgan fingerprint density at radius 2 is 0.806 bits per heavy atom. The lowest BCUT2D eigenvalue weighted by Crippen LogP contribution is -2.58. The van der Waals surface area contributed by atoms with E-state index >= 15 is 0 Å². The van der Waals surface area contributed by atoms with Crippen LogP contribution in [0.4, 0.5) is 0 Å². The van der Waals surface area contributed by atoms with Crippen LogP contribution in [-0.4, -0.2) is 48.8 Å². The topological polar surface area (TPSA) is 36.1 Å². The smallest absolute Gasteiger partial charge is 0.0252 e. The van der Waals surface area contributed by atoms with Gasteiger partial charge in [-0.1, -0.05) is 213 Å². The van der Waals surface area contributed by atoms with E-state index in [0.717, 1.165) is 29.6 Å². The van der Waals surface area contributed by atoms with Crippen molar-refractivity contribution in [3.8, 4) is 0 Å². The van der Waals surface area contributed by atoms with E-state index in [4.69, 9.17) is 0 Å². The third kappa shape index (κ3) is 21.0. The second-order valence-electron chi connectivity index (χ2n) is 23.0. The van der Waals surface area contributed by atoms with Crippen molar-refractivity contribution in [2.45, 2.75) is 281 Å². The summed E-state index contributed by atoms with van der Waals surface area (Å²) in [6.07, 6.45) is 18.0. The number of nitrogens with one attached hydrogen (secondary N) is 3. The van der Waals surface area contributed by atoms with Gasteiger partial charge >= 0.3 is 0 Å². The molecule has 4 fully saturated rings. The van der Waals surface area contributed by atoms with E-state index in [1.165, 1.54) is 122 Å². The largest absolute Gasteiger partial charge is 0.317 e. The number of thioether (sulfide) groups is 1. The van der Waals surface area contributed by atoms with E-state index in [0.29, 0.717) is 37.4 Å². The van der Waals surface area contributed by atoms with E-state index in [1.807, 2.05) is 55.4 Å². The minimum absolute atomic E-state index is 0.351. The van der Waals surface area contributed by atoms with Crippen LogP contribution in [0.15, 0.2) is 0 Å². The maximum atomic E-state index is 3.83. The average Bonchev–Trinajstić information content (AvgIpc) is 3.76. The summed E-state index contributed by atoms with van der Waals surface area (Å²) < 4.78 is 0.595. The van der Waals surface area contributed by atoms with Crippen LogP contribution in [0.25, 0.3) is 0 Å². The summed E-state index contributed by atoms with van der Waals surface area (Å²) in [7, 11) is 0. The van der Waals surface area contributed by atoms with E-state index in [2.05, 4.69) is 159 Å². The van der Waals surface area contributed by atoms with Gasteiger partial charge in [-0.25, -0.2) is 0 Å². The number of hydrogen-bond donors (Lipinski definition) is 3. The first-order chi connectivity index (χ1) is 28.8. The Bertz CT molecular complexity index is 850. The molecule has 4 aliphatic heterocycles. The Balaban J connectivity index is -0.000000343. The molecule has 4 heterocycles. The third-order valence-corrected chi connectivity index (χ3v) is 18.1. The van der Waals surface area contributed by atoms with Gasteiger partial charge < -0.3 is 16.0 Å². The predicted molar refractivity (Wildman–Crippen MR) is 294 cm³/mol. The highest BCUT2D eigenvalue weighted by molar-refractivity contribution is 8.00. The van der Waals surface area contributed by atoms with Gasteiger partial charge in [0.25, 0.3) is 0 Å².